The molecule has 9 nitrogen and oxygen atoms in total. The second-order valence-electron chi connectivity index (χ2n) is 6.85. The van der Waals surface area contributed by atoms with E-state index in [0.717, 1.165) is 21.7 Å². The van der Waals surface area contributed by atoms with Crippen molar-refractivity contribution in [2.24, 2.45) is 0 Å². The summed E-state index contributed by atoms with van der Waals surface area (Å²) >= 11 is 0. The number of carbonyl (C=O) groups is 1. The fraction of sp³-hybridized carbons (Fsp3) is 0.286. The number of ether oxygens (including phenoxy) is 1. The maximum absolute atomic E-state index is 12.4. The van der Waals surface area contributed by atoms with Crippen molar-refractivity contribution >= 4 is 21.6 Å². The number of hydrogen-bond donors (Lipinski definition) is 1. The van der Waals surface area contributed by atoms with Crippen molar-refractivity contribution in [3.05, 3.63) is 60.0 Å². The highest BCUT2D eigenvalue weighted by atomic mass is 32.2. The Balaban J connectivity index is 1.63. The number of sulfonamides is 1. The molecule has 0 spiro atoms. The first-order chi connectivity index (χ1) is 14.8. The summed E-state index contributed by atoms with van der Waals surface area (Å²) in [7, 11) is -3.68. The van der Waals surface area contributed by atoms with Crippen LogP contribution in [0.3, 0.4) is 0 Å². The van der Waals surface area contributed by atoms with Crippen LogP contribution in [0.5, 0.6) is 5.75 Å². The highest BCUT2D eigenvalue weighted by Crippen LogP contribution is 2.21. The maximum atomic E-state index is 12.4. The van der Waals surface area contributed by atoms with E-state index in [2.05, 4.69) is 15.5 Å². The number of carbonyl (C=O) groups excluding carboxylic acids is 1. The molecule has 31 heavy (non-hydrogen) atoms. The zero-order valence-corrected chi connectivity index (χ0v) is 18.3. The van der Waals surface area contributed by atoms with Gasteiger partial charge in [0.15, 0.2) is 0 Å². The lowest BCUT2D eigenvalue weighted by atomic mass is 10.1. The topological polar surface area (TPSA) is 115 Å². The Labute approximate surface area is 181 Å². The average molecular weight is 445 g/mol. The van der Waals surface area contributed by atoms with E-state index in [9.17, 15) is 13.2 Å². The first-order valence-corrected chi connectivity index (χ1v) is 11.5. The number of anilines is 1. The minimum Gasteiger partial charge on any atom is -0.494 e. The number of hydrogen-bond acceptors (Lipinski definition) is 7. The number of benzene rings is 2. The lowest BCUT2D eigenvalue weighted by Gasteiger charge is -2.22. The van der Waals surface area contributed by atoms with Crippen molar-refractivity contribution in [3.63, 3.8) is 0 Å². The fourth-order valence-electron chi connectivity index (χ4n) is 2.78. The van der Waals surface area contributed by atoms with Crippen molar-refractivity contribution in [1.29, 1.82) is 0 Å². The predicted octanol–water partition coefficient (Wildman–Crippen LogP) is 2.53. The minimum atomic E-state index is -3.68. The van der Waals surface area contributed by atoms with Gasteiger partial charge < -0.3 is 14.6 Å². The van der Waals surface area contributed by atoms with Crippen LogP contribution in [0.15, 0.2) is 53.1 Å². The Morgan fingerprint density at radius 1 is 1.13 bits per heavy atom. The van der Waals surface area contributed by atoms with Crippen LogP contribution in [-0.2, 0) is 21.4 Å². The lowest BCUT2D eigenvalue weighted by molar-refractivity contribution is -0.119. The van der Waals surface area contributed by atoms with E-state index in [4.69, 9.17) is 9.26 Å². The number of nitrogens with zero attached hydrogens (tertiary/aromatic N) is 3. The van der Waals surface area contributed by atoms with E-state index in [-0.39, 0.29) is 19.0 Å². The molecule has 0 atom stereocenters. The zero-order chi connectivity index (χ0) is 22.4. The van der Waals surface area contributed by atoms with E-state index < -0.39 is 15.9 Å². The molecule has 3 aromatic rings. The Kier molecular flexibility index (Phi) is 6.91. The molecule has 0 fully saturated rings. The maximum Gasteiger partial charge on any atom is 0.246 e. The highest BCUT2D eigenvalue weighted by molar-refractivity contribution is 7.92. The van der Waals surface area contributed by atoms with Gasteiger partial charge >= 0.3 is 0 Å². The van der Waals surface area contributed by atoms with Crippen LogP contribution >= 0.6 is 0 Å². The van der Waals surface area contributed by atoms with E-state index >= 15 is 0 Å². The Hall–Kier alpha value is -3.40. The van der Waals surface area contributed by atoms with Crippen molar-refractivity contribution in [1.82, 2.24) is 15.5 Å². The molecule has 1 aromatic heterocycles. The summed E-state index contributed by atoms with van der Waals surface area (Å²) in [5.41, 5.74) is 2.27. The number of rotatable bonds is 9. The average Bonchev–Trinajstić information content (AvgIpc) is 3.20. The van der Waals surface area contributed by atoms with Crippen molar-refractivity contribution in [2.75, 3.05) is 23.7 Å². The summed E-state index contributed by atoms with van der Waals surface area (Å²) in [4.78, 5) is 16.7. The quantitative estimate of drug-likeness (QED) is 0.539. The standard InChI is InChI=1S/C21H24N4O5S/c1-4-29-18-11-9-17(10-12-18)25(31(3,27)28)14-19(26)22-13-20-23-21(24-30-20)16-7-5-15(2)6-8-16/h5-12H,4,13-14H2,1-3H3,(H,22,26). The van der Waals surface area contributed by atoms with Crippen molar-refractivity contribution in [2.45, 2.75) is 20.4 Å². The molecule has 0 saturated heterocycles. The summed E-state index contributed by atoms with van der Waals surface area (Å²) in [5, 5.41) is 6.52. The van der Waals surface area contributed by atoms with Crippen LogP contribution in [0, 0.1) is 6.92 Å². The van der Waals surface area contributed by atoms with Crippen molar-refractivity contribution in [3.8, 4) is 17.1 Å². The van der Waals surface area contributed by atoms with Crippen LogP contribution in [0.4, 0.5) is 5.69 Å². The molecule has 0 bridgehead atoms. The van der Waals surface area contributed by atoms with Crippen LogP contribution < -0.4 is 14.4 Å². The van der Waals surface area contributed by atoms with E-state index in [1.165, 1.54) is 0 Å². The van der Waals surface area contributed by atoms with Crippen LogP contribution in [0.1, 0.15) is 18.4 Å². The van der Waals surface area contributed by atoms with E-state index in [0.29, 0.717) is 23.9 Å². The molecular formula is C21H24N4O5S. The second kappa shape index (κ2) is 9.61. The summed E-state index contributed by atoms with van der Waals surface area (Å²) < 4.78 is 36.0. The second-order valence-corrected chi connectivity index (χ2v) is 8.76. The predicted molar refractivity (Wildman–Crippen MR) is 116 cm³/mol. The molecule has 0 aliphatic heterocycles. The van der Waals surface area contributed by atoms with Gasteiger partial charge in [-0.05, 0) is 38.1 Å². The molecule has 0 aliphatic rings. The molecule has 0 aliphatic carbocycles. The first kappa shape index (κ1) is 22.3. The number of aryl methyl sites for hydroxylation is 1. The monoisotopic (exact) mass is 444 g/mol. The molecule has 164 valence electrons. The molecule has 2 aromatic carbocycles. The number of aromatic nitrogens is 2. The largest absolute Gasteiger partial charge is 0.494 e. The summed E-state index contributed by atoms with van der Waals surface area (Å²) in [5.74, 6) is 0.742. The van der Waals surface area contributed by atoms with Crippen LogP contribution in [-0.4, -0.2) is 43.9 Å². The third-order valence-corrected chi connectivity index (χ3v) is 5.48. The third-order valence-electron chi connectivity index (χ3n) is 4.34. The van der Waals surface area contributed by atoms with E-state index in [1.807, 2.05) is 38.1 Å². The fourth-order valence-corrected chi connectivity index (χ4v) is 3.64. The van der Waals surface area contributed by atoms with Gasteiger partial charge in [-0.3, -0.25) is 9.10 Å². The van der Waals surface area contributed by atoms with E-state index in [1.54, 1.807) is 24.3 Å². The first-order valence-electron chi connectivity index (χ1n) is 9.63. The zero-order valence-electron chi connectivity index (χ0n) is 17.5. The molecule has 1 amide bonds. The molecule has 10 heteroatoms. The number of nitrogens with one attached hydrogen (secondary N) is 1. The molecule has 1 N–H and O–H groups in total. The van der Waals surface area contributed by atoms with Crippen molar-refractivity contribution < 1.29 is 22.5 Å². The van der Waals surface area contributed by atoms with Gasteiger partial charge in [-0.15, -0.1) is 0 Å². The van der Waals surface area contributed by atoms with Gasteiger partial charge in [0.1, 0.15) is 12.3 Å². The van der Waals surface area contributed by atoms with Crippen LogP contribution in [0.2, 0.25) is 0 Å². The molecule has 1 heterocycles. The van der Waals surface area contributed by atoms with Gasteiger partial charge in [-0.25, -0.2) is 8.42 Å². The molecule has 3 rings (SSSR count). The van der Waals surface area contributed by atoms with Gasteiger partial charge in [0, 0.05) is 5.56 Å². The van der Waals surface area contributed by atoms with Gasteiger partial charge in [-0.2, -0.15) is 4.98 Å². The molecule has 0 unspecified atom stereocenters. The normalized spacial score (nSPS) is 11.2. The minimum absolute atomic E-state index is 0.0153. The molecular weight excluding hydrogens is 420 g/mol. The number of amides is 1. The highest BCUT2D eigenvalue weighted by Gasteiger charge is 2.21. The van der Waals surface area contributed by atoms with Gasteiger partial charge in [0.2, 0.25) is 27.6 Å². The Morgan fingerprint density at radius 3 is 2.42 bits per heavy atom. The molecule has 0 radical (unpaired) electrons. The summed E-state index contributed by atoms with van der Waals surface area (Å²) in [6, 6.07) is 14.1. The lowest BCUT2D eigenvalue weighted by Crippen LogP contribution is -2.40. The summed E-state index contributed by atoms with van der Waals surface area (Å²) in [6.45, 7) is 3.94. The molecule has 0 saturated carbocycles. The van der Waals surface area contributed by atoms with Gasteiger partial charge in [0.25, 0.3) is 0 Å². The Morgan fingerprint density at radius 2 is 1.81 bits per heavy atom. The smallest absolute Gasteiger partial charge is 0.246 e. The third kappa shape index (κ3) is 6.05. The van der Waals surface area contributed by atoms with Crippen LogP contribution in [0.25, 0.3) is 11.4 Å². The SMILES string of the molecule is CCOc1ccc(N(CC(=O)NCc2nc(-c3ccc(C)cc3)no2)S(C)(=O)=O)cc1. The van der Waals surface area contributed by atoms with Gasteiger partial charge in [-0.1, -0.05) is 35.0 Å². The summed E-state index contributed by atoms with van der Waals surface area (Å²) in [6.07, 6.45) is 1.04. The Bertz CT molecular complexity index is 1130. The van der Waals surface area contributed by atoms with Gasteiger partial charge in [0.05, 0.1) is 25.1 Å².